The Bertz CT molecular complexity index is 2020. The molecule has 6 aromatic rings. The number of nitrogens with one attached hydrogen (secondary N) is 1. The number of amides is 2. The lowest BCUT2D eigenvalue weighted by Crippen LogP contribution is -2.46. The van der Waals surface area contributed by atoms with Gasteiger partial charge in [-0.1, -0.05) is 72.8 Å². The van der Waals surface area contributed by atoms with Gasteiger partial charge in [0.25, 0.3) is 11.8 Å². The topological polar surface area (TPSA) is 72.8 Å². The molecule has 0 spiro atoms. The summed E-state index contributed by atoms with van der Waals surface area (Å²) in [4.78, 5) is 29.3. The Balaban J connectivity index is 1.28. The van der Waals surface area contributed by atoms with Crippen molar-refractivity contribution in [3.8, 4) is 11.5 Å². The molecule has 7 heteroatoms. The lowest BCUT2D eigenvalue weighted by atomic mass is 9.87. The molecule has 2 unspecified atom stereocenters. The maximum absolute atomic E-state index is 14.5. The number of fused-ring (bicyclic) bond motifs is 4. The maximum Gasteiger partial charge on any atom is 0.258 e. The largest absolute Gasteiger partial charge is 0.493 e. The summed E-state index contributed by atoms with van der Waals surface area (Å²) in [6, 6.07) is 39.8. The first-order chi connectivity index (χ1) is 23.1. The van der Waals surface area contributed by atoms with Crippen LogP contribution >= 0.6 is 0 Å². The molecule has 5 aromatic carbocycles. The highest BCUT2D eigenvalue weighted by Crippen LogP contribution is 2.45. The Morgan fingerprint density at radius 3 is 2.06 bits per heavy atom. The Kier molecular flexibility index (Phi) is 8.36. The van der Waals surface area contributed by atoms with Gasteiger partial charge in [0.05, 0.1) is 20.3 Å². The van der Waals surface area contributed by atoms with Gasteiger partial charge in [0.15, 0.2) is 11.5 Å². The third-order valence-corrected chi connectivity index (χ3v) is 9.23. The van der Waals surface area contributed by atoms with E-state index in [4.69, 9.17) is 9.47 Å². The number of ether oxygens (including phenoxy) is 2. The average Bonchev–Trinajstić information content (AvgIpc) is 3.47. The number of hydrogen-bond donors (Lipinski definition) is 1. The molecule has 2 heterocycles. The van der Waals surface area contributed by atoms with E-state index < -0.39 is 0 Å². The minimum absolute atomic E-state index is 0.00522. The molecule has 0 aliphatic carbocycles. The summed E-state index contributed by atoms with van der Waals surface area (Å²) in [5.41, 5.74) is 5.49. The standard InChI is InChI=1S/C40H37N3O4/c1-46-37-23-22-28(25-38(37)47-2)40(45)42-29(15-12-24-41-39(44)27-13-4-3-5-14-27)26-36(32-18-8-11-21-35(32)42)43-33-19-9-6-16-30(33)31-17-7-10-20-34(31)43/h3-11,13-14,16-23,25,29,36H,12,15,24,26H2,1-2H3,(H,41,44). The number of methoxy groups -OCH3 is 2. The van der Waals surface area contributed by atoms with E-state index in [2.05, 4.69) is 76.6 Å². The highest BCUT2D eigenvalue weighted by molar-refractivity contribution is 6.09. The zero-order valence-corrected chi connectivity index (χ0v) is 26.6. The first kappa shape index (κ1) is 30.1. The third kappa shape index (κ3) is 5.58. The molecule has 0 saturated heterocycles. The predicted molar refractivity (Wildman–Crippen MR) is 187 cm³/mol. The second kappa shape index (κ2) is 13.0. The summed E-state index contributed by atoms with van der Waals surface area (Å²) in [6.07, 6.45) is 2.13. The van der Waals surface area contributed by atoms with Crippen molar-refractivity contribution >= 4 is 39.3 Å². The van der Waals surface area contributed by atoms with E-state index in [9.17, 15) is 9.59 Å². The van der Waals surface area contributed by atoms with Crippen LogP contribution in [0.3, 0.4) is 0 Å². The van der Waals surface area contributed by atoms with Crippen LogP contribution in [0.4, 0.5) is 5.69 Å². The highest BCUT2D eigenvalue weighted by atomic mass is 16.5. The molecule has 0 saturated carbocycles. The Morgan fingerprint density at radius 2 is 1.36 bits per heavy atom. The molecular formula is C40H37N3O4. The van der Waals surface area contributed by atoms with Crippen LogP contribution < -0.4 is 19.7 Å². The fourth-order valence-corrected chi connectivity index (χ4v) is 7.07. The van der Waals surface area contributed by atoms with Crippen LogP contribution in [0, 0.1) is 0 Å². The van der Waals surface area contributed by atoms with Crippen molar-refractivity contribution in [2.24, 2.45) is 0 Å². The number of anilines is 1. The Morgan fingerprint density at radius 1 is 0.723 bits per heavy atom. The smallest absolute Gasteiger partial charge is 0.258 e. The van der Waals surface area contributed by atoms with Crippen molar-refractivity contribution in [2.75, 3.05) is 25.7 Å². The molecule has 7 rings (SSSR count). The van der Waals surface area contributed by atoms with Crippen molar-refractivity contribution in [1.29, 1.82) is 0 Å². The van der Waals surface area contributed by atoms with Crippen LogP contribution in [0.2, 0.25) is 0 Å². The van der Waals surface area contributed by atoms with Crippen LogP contribution in [-0.4, -0.2) is 43.2 Å². The SMILES string of the molecule is COc1ccc(C(=O)N2c3ccccc3C(n3c4ccccc4c4ccccc43)CC2CCCNC(=O)c2ccccc2)cc1OC. The highest BCUT2D eigenvalue weighted by Gasteiger charge is 2.38. The number of benzene rings is 5. The average molecular weight is 624 g/mol. The summed E-state index contributed by atoms with van der Waals surface area (Å²) < 4.78 is 13.5. The van der Waals surface area contributed by atoms with E-state index in [1.54, 1.807) is 32.4 Å². The van der Waals surface area contributed by atoms with Gasteiger partial charge in [0, 0.05) is 51.2 Å². The van der Waals surface area contributed by atoms with E-state index in [1.807, 2.05) is 41.3 Å². The molecule has 236 valence electrons. The van der Waals surface area contributed by atoms with E-state index >= 15 is 0 Å². The summed E-state index contributed by atoms with van der Waals surface area (Å²) in [6.45, 7) is 0.504. The molecule has 7 nitrogen and oxygen atoms in total. The van der Waals surface area contributed by atoms with Gasteiger partial charge in [-0.05, 0) is 73.4 Å². The van der Waals surface area contributed by atoms with Gasteiger partial charge < -0.3 is 24.3 Å². The molecule has 1 aliphatic heterocycles. The number of rotatable bonds is 9. The summed E-state index contributed by atoms with van der Waals surface area (Å²) in [7, 11) is 3.16. The zero-order valence-electron chi connectivity index (χ0n) is 26.6. The van der Waals surface area contributed by atoms with Crippen LogP contribution in [0.25, 0.3) is 21.8 Å². The summed E-state index contributed by atoms with van der Waals surface area (Å²) in [5, 5.41) is 5.50. The van der Waals surface area contributed by atoms with Crippen molar-refractivity contribution in [3.05, 3.63) is 138 Å². The number of hydrogen-bond acceptors (Lipinski definition) is 4. The van der Waals surface area contributed by atoms with Gasteiger partial charge in [-0.15, -0.1) is 0 Å². The monoisotopic (exact) mass is 623 g/mol. The van der Waals surface area contributed by atoms with Crippen molar-refractivity contribution in [3.63, 3.8) is 0 Å². The van der Waals surface area contributed by atoms with Gasteiger partial charge in [-0.2, -0.15) is 0 Å². The molecule has 1 aromatic heterocycles. The van der Waals surface area contributed by atoms with Crippen LogP contribution in [0.5, 0.6) is 11.5 Å². The van der Waals surface area contributed by atoms with E-state index in [-0.39, 0.29) is 23.9 Å². The lowest BCUT2D eigenvalue weighted by Gasteiger charge is -2.42. The number of nitrogens with zero attached hydrogens (tertiary/aromatic N) is 2. The van der Waals surface area contributed by atoms with E-state index in [1.165, 1.54) is 21.8 Å². The van der Waals surface area contributed by atoms with Crippen molar-refractivity contribution < 1.29 is 19.1 Å². The first-order valence-electron chi connectivity index (χ1n) is 16.0. The first-order valence-corrected chi connectivity index (χ1v) is 16.0. The molecule has 1 aliphatic rings. The molecule has 0 radical (unpaired) electrons. The van der Waals surface area contributed by atoms with Gasteiger partial charge in [-0.3, -0.25) is 9.59 Å². The minimum Gasteiger partial charge on any atom is -0.493 e. The van der Waals surface area contributed by atoms with Crippen molar-refractivity contribution in [1.82, 2.24) is 9.88 Å². The fraction of sp³-hybridized carbons (Fsp3) is 0.200. The second-order valence-electron chi connectivity index (χ2n) is 11.9. The predicted octanol–water partition coefficient (Wildman–Crippen LogP) is 8.03. The number of para-hydroxylation sites is 3. The number of carbonyl (C=O) groups excluding carboxylic acids is 2. The third-order valence-electron chi connectivity index (χ3n) is 9.23. The maximum atomic E-state index is 14.5. The quantitative estimate of drug-likeness (QED) is 0.166. The molecule has 47 heavy (non-hydrogen) atoms. The lowest BCUT2D eigenvalue weighted by molar-refractivity contribution is 0.0943. The summed E-state index contributed by atoms with van der Waals surface area (Å²) >= 11 is 0. The fourth-order valence-electron chi connectivity index (χ4n) is 7.07. The van der Waals surface area contributed by atoms with Crippen LogP contribution in [0.15, 0.2) is 121 Å². The van der Waals surface area contributed by atoms with Crippen molar-refractivity contribution in [2.45, 2.75) is 31.3 Å². The molecule has 0 fully saturated rings. The minimum atomic E-state index is -0.135. The normalized spacial score (nSPS) is 15.7. The number of carbonyl (C=O) groups is 2. The van der Waals surface area contributed by atoms with Gasteiger partial charge in [0.2, 0.25) is 0 Å². The van der Waals surface area contributed by atoms with Gasteiger partial charge >= 0.3 is 0 Å². The van der Waals surface area contributed by atoms with Gasteiger partial charge in [-0.25, -0.2) is 0 Å². The second-order valence-corrected chi connectivity index (χ2v) is 11.9. The molecule has 2 amide bonds. The molecular weight excluding hydrogens is 586 g/mol. The Hall–Kier alpha value is -5.56. The molecule has 1 N–H and O–H groups in total. The zero-order chi connectivity index (χ0) is 32.3. The summed E-state index contributed by atoms with van der Waals surface area (Å²) in [5.74, 6) is 0.880. The number of aromatic nitrogens is 1. The van der Waals surface area contributed by atoms with Crippen LogP contribution in [0.1, 0.15) is 51.6 Å². The van der Waals surface area contributed by atoms with E-state index in [0.717, 1.165) is 11.3 Å². The molecule has 0 bridgehead atoms. The van der Waals surface area contributed by atoms with Gasteiger partial charge in [0.1, 0.15) is 0 Å². The van der Waals surface area contributed by atoms with Crippen LogP contribution in [-0.2, 0) is 0 Å². The van der Waals surface area contributed by atoms with E-state index in [0.29, 0.717) is 48.4 Å². The Labute approximate surface area is 274 Å². The molecule has 2 atom stereocenters.